The molecule has 1 heterocycles. The van der Waals surface area contributed by atoms with E-state index in [0.29, 0.717) is 6.42 Å². The topological polar surface area (TPSA) is 64.9 Å². The van der Waals surface area contributed by atoms with E-state index in [1.54, 1.807) is 0 Å². The summed E-state index contributed by atoms with van der Waals surface area (Å²) >= 11 is 0. The van der Waals surface area contributed by atoms with E-state index in [0.717, 1.165) is 11.3 Å². The van der Waals surface area contributed by atoms with Gasteiger partial charge in [-0.25, -0.2) is 0 Å². The van der Waals surface area contributed by atoms with E-state index in [4.69, 9.17) is 5.26 Å². The predicted octanol–water partition coefficient (Wildman–Crippen LogP) is 0.663. The predicted molar refractivity (Wildman–Crippen MR) is 56.2 cm³/mol. The molecule has 1 aromatic carbocycles. The lowest BCUT2D eigenvalue weighted by molar-refractivity contribution is -0.121. The minimum atomic E-state index is -0.240. The Morgan fingerprint density at radius 1 is 1.60 bits per heavy atom. The van der Waals surface area contributed by atoms with E-state index in [1.807, 2.05) is 30.3 Å². The van der Waals surface area contributed by atoms with Crippen molar-refractivity contribution in [3.05, 3.63) is 29.8 Å². The number of nitrogens with zero attached hydrogens (tertiary/aromatic N) is 1. The Hall–Kier alpha value is -2.02. The van der Waals surface area contributed by atoms with Gasteiger partial charge in [0, 0.05) is 12.1 Å². The molecule has 1 amide bonds. The van der Waals surface area contributed by atoms with Gasteiger partial charge in [0.1, 0.15) is 12.6 Å². The Bertz CT molecular complexity index is 397. The molecule has 15 heavy (non-hydrogen) atoms. The quantitative estimate of drug-likeness (QED) is 0.691. The molecule has 0 fully saturated rings. The third-order valence-corrected chi connectivity index (χ3v) is 2.43. The van der Waals surface area contributed by atoms with Crippen LogP contribution < -0.4 is 10.6 Å². The standard InChI is InChI=1S/C11H11N3O/c12-5-6-13-11(15)10-7-8-3-1-2-4-9(8)14-10/h1-4,10,14H,6-7H2,(H,13,15)/t10-/m0/s1. The van der Waals surface area contributed by atoms with Crippen LogP contribution >= 0.6 is 0 Å². The van der Waals surface area contributed by atoms with Crippen LogP contribution in [0.2, 0.25) is 0 Å². The van der Waals surface area contributed by atoms with E-state index >= 15 is 0 Å². The third kappa shape index (κ3) is 1.91. The highest BCUT2D eigenvalue weighted by Crippen LogP contribution is 2.24. The van der Waals surface area contributed by atoms with Crippen molar-refractivity contribution in [2.24, 2.45) is 0 Å². The zero-order valence-electron chi connectivity index (χ0n) is 8.16. The molecule has 2 rings (SSSR count). The maximum Gasteiger partial charge on any atom is 0.243 e. The molecule has 0 bridgehead atoms. The van der Waals surface area contributed by atoms with E-state index in [9.17, 15) is 4.79 Å². The van der Waals surface area contributed by atoms with Crippen LogP contribution in [0, 0.1) is 11.3 Å². The molecule has 2 N–H and O–H groups in total. The minimum Gasteiger partial charge on any atom is -0.373 e. The van der Waals surface area contributed by atoms with Gasteiger partial charge in [-0.1, -0.05) is 18.2 Å². The second-order valence-electron chi connectivity index (χ2n) is 3.43. The number of hydrogen-bond acceptors (Lipinski definition) is 3. The van der Waals surface area contributed by atoms with Crippen LogP contribution in [-0.2, 0) is 11.2 Å². The lowest BCUT2D eigenvalue weighted by atomic mass is 10.1. The van der Waals surface area contributed by atoms with Crippen molar-refractivity contribution < 1.29 is 4.79 Å². The fourth-order valence-corrected chi connectivity index (χ4v) is 1.71. The Morgan fingerprint density at radius 2 is 2.40 bits per heavy atom. The number of nitrogens with one attached hydrogen (secondary N) is 2. The third-order valence-electron chi connectivity index (χ3n) is 2.43. The number of rotatable bonds is 2. The van der Waals surface area contributed by atoms with E-state index < -0.39 is 0 Å². The summed E-state index contributed by atoms with van der Waals surface area (Å²) in [6.45, 7) is 0.0629. The average molecular weight is 201 g/mol. The van der Waals surface area contributed by atoms with Crippen LogP contribution in [0.1, 0.15) is 5.56 Å². The lowest BCUT2D eigenvalue weighted by Gasteiger charge is -2.09. The first-order valence-electron chi connectivity index (χ1n) is 4.80. The fraction of sp³-hybridized carbons (Fsp3) is 0.273. The van der Waals surface area contributed by atoms with Crippen molar-refractivity contribution in [3.8, 4) is 6.07 Å². The lowest BCUT2D eigenvalue weighted by Crippen LogP contribution is -2.38. The number of carbonyl (C=O) groups is 1. The van der Waals surface area contributed by atoms with Gasteiger partial charge in [-0.05, 0) is 11.6 Å². The molecule has 0 unspecified atom stereocenters. The zero-order chi connectivity index (χ0) is 10.7. The summed E-state index contributed by atoms with van der Waals surface area (Å²) in [4.78, 5) is 11.5. The normalized spacial score (nSPS) is 17.4. The molecule has 76 valence electrons. The molecule has 0 aliphatic carbocycles. The molecule has 1 aliphatic rings. The van der Waals surface area contributed by atoms with E-state index in [-0.39, 0.29) is 18.5 Å². The van der Waals surface area contributed by atoms with E-state index in [1.165, 1.54) is 0 Å². The van der Waals surface area contributed by atoms with Crippen molar-refractivity contribution in [2.75, 3.05) is 11.9 Å². The van der Waals surface area contributed by atoms with Crippen LogP contribution in [0.3, 0.4) is 0 Å². The summed E-state index contributed by atoms with van der Waals surface area (Å²) in [5, 5.41) is 14.0. The second-order valence-corrected chi connectivity index (χ2v) is 3.43. The van der Waals surface area contributed by atoms with Crippen LogP contribution in [0.5, 0.6) is 0 Å². The van der Waals surface area contributed by atoms with Gasteiger partial charge in [0.15, 0.2) is 0 Å². The zero-order valence-corrected chi connectivity index (χ0v) is 8.16. The molecule has 0 saturated heterocycles. The SMILES string of the molecule is N#CCNC(=O)[C@@H]1Cc2ccccc2N1. The average Bonchev–Trinajstić information content (AvgIpc) is 2.69. The Balaban J connectivity index is 2.01. The number of amides is 1. The van der Waals surface area contributed by atoms with Crippen molar-refractivity contribution >= 4 is 11.6 Å². The van der Waals surface area contributed by atoms with Crippen molar-refractivity contribution in [1.82, 2.24) is 5.32 Å². The maximum absolute atomic E-state index is 11.5. The number of benzene rings is 1. The molecule has 1 aliphatic heterocycles. The highest BCUT2D eigenvalue weighted by atomic mass is 16.2. The number of hydrogen-bond donors (Lipinski definition) is 2. The Labute approximate surface area is 87.9 Å². The molecule has 0 radical (unpaired) electrons. The van der Waals surface area contributed by atoms with Gasteiger partial charge in [0.25, 0.3) is 0 Å². The molecule has 4 nitrogen and oxygen atoms in total. The molecule has 0 aromatic heterocycles. The van der Waals surface area contributed by atoms with Crippen molar-refractivity contribution in [2.45, 2.75) is 12.5 Å². The number of nitriles is 1. The summed E-state index contributed by atoms with van der Waals surface area (Å²) in [5.74, 6) is -0.118. The molecular weight excluding hydrogens is 190 g/mol. The first-order valence-corrected chi connectivity index (χ1v) is 4.80. The van der Waals surface area contributed by atoms with Crippen LogP contribution in [0.15, 0.2) is 24.3 Å². The van der Waals surface area contributed by atoms with Crippen molar-refractivity contribution in [1.29, 1.82) is 5.26 Å². The van der Waals surface area contributed by atoms with Crippen LogP contribution in [0.25, 0.3) is 0 Å². The number of para-hydroxylation sites is 1. The molecule has 4 heteroatoms. The van der Waals surface area contributed by atoms with Gasteiger partial charge in [0.2, 0.25) is 5.91 Å². The first-order chi connectivity index (χ1) is 7.31. The summed E-state index contributed by atoms with van der Waals surface area (Å²) in [6.07, 6.45) is 0.688. The summed E-state index contributed by atoms with van der Waals surface area (Å²) in [6, 6.07) is 9.48. The number of anilines is 1. The first kappa shape index (κ1) is 9.53. The summed E-state index contributed by atoms with van der Waals surface area (Å²) in [7, 11) is 0. The summed E-state index contributed by atoms with van der Waals surface area (Å²) in [5.41, 5.74) is 2.16. The van der Waals surface area contributed by atoms with Gasteiger partial charge in [-0.15, -0.1) is 0 Å². The Morgan fingerprint density at radius 3 is 3.13 bits per heavy atom. The largest absolute Gasteiger partial charge is 0.373 e. The van der Waals surface area contributed by atoms with Crippen molar-refractivity contribution in [3.63, 3.8) is 0 Å². The van der Waals surface area contributed by atoms with Crippen LogP contribution in [0.4, 0.5) is 5.69 Å². The molecule has 1 aromatic rings. The molecule has 0 saturated carbocycles. The maximum atomic E-state index is 11.5. The minimum absolute atomic E-state index is 0.0629. The fourth-order valence-electron chi connectivity index (χ4n) is 1.71. The van der Waals surface area contributed by atoms with E-state index in [2.05, 4.69) is 10.6 Å². The van der Waals surface area contributed by atoms with Crippen LogP contribution in [-0.4, -0.2) is 18.5 Å². The van der Waals surface area contributed by atoms with Gasteiger partial charge in [-0.3, -0.25) is 4.79 Å². The van der Waals surface area contributed by atoms with Gasteiger partial charge in [-0.2, -0.15) is 5.26 Å². The van der Waals surface area contributed by atoms with Gasteiger partial charge < -0.3 is 10.6 Å². The Kier molecular flexibility index (Phi) is 2.55. The molecular formula is C11H11N3O. The highest BCUT2D eigenvalue weighted by Gasteiger charge is 2.25. The molecule has 1 atom stereocenters. The number of fused-ring (bicyclic) bond motifs is 1. The van der Waals surface area contributed by atoms with Gasteiger partial charge in [0.05, 0.1) is 6.07 Å². The number of carbonyl (C=O) groups excluding carboxylic acids is 1. The van der Waals surface area contributed by atoms with Gasteiger partial charge >= 0.3 is 0 Å². The second kappa shape index (κ2) is 4.01. The monoisotopic (exact) mass is 201 g/mol. The molecule has 0 spiro atoms. The summed E-state index contributed by atoms with van der Waals surface area (Å²) < 4.78 is 0. The highest BCUT2D eigenvalue weighted by molar-refractivity contribution is 5.87. The smallest absolute Gasteiger partial charge is 0.243 e.